The van der Waals surface area contributed by atoms with Gasteiger partial charge in [0.1, 0.15) is 0 Å². The Bertz CT molecular complexity index is 593. The molecule has 0 spiro atoms. The zero-order valence-corrected chi connectivity index (χ0v) is 11.7. The van der Waals surface area contributed by atoms with Gasteiger partial charge in [-0.25, -0.2) is 0 Å². The Kier molecular flexibility index (Phi) is 3.82. The molecule has 2 aromatic rings. The molecule has 0 unspecified atom stereocenters. The summed E-state index contributed by atoms with van der Waals surface area (Å²) in [4.78, 5) is 12.3. The van der Waals surface area contributed by atoms with Crippen LogP contribution < -0.4 is 5.73 Å². The molecule has 2 aromatic carbocycles. The average Bonchev–Trinajstić information content (AvgIpc) is 2.35. The highest BCUT2D eigenvalue weighted by atomic mass is 79.9. The Balaban J connectivity index is 2.28. The maximum absolute atomic E-state index is 12.3. The van der Waals surface area contributed by atoms with Gasteiger partial charge in [0.25, 0.3) is 0 Å². The van der Waals surface area contributed by atoms with E-state index in [4.69, 9.17) is 5.73 Å². The Hall–Kier alpha value is -1.61. The van der Waals surface area contributed by atoms with Gasteiger partial charge in [0.15, 0.2) is 5.78 Å². The minimum absolute atomic E-state index is 0.0727. The van der Waals surface area contributed by atoms with Gasteiger partial charge in [-0.2, -0.15) is 0 Å². The first-order valence-electron chi connectivity index (χ1n) is 5.70. The van der Waals surface area contributed by atoms with Gasteiger partial charge in [-0.1, -0.05) is 40.2 Å². The molecule has 0 aliphatic rings. The summed E-state index contributed by atoms with van der Waals surface area (Å²) in [5.74, 6) is 0.0727. The van der Waals surface area contributed by atoms with Gasteiger partial charge in [-0.15, -0.1) is 0 Å². The van der Waals surface area contributed by atoms with Crippen LogP contribution in [0.25, 0.3) is 0 Å². The number of benzene rings is 2. The van der Waals surface area contributed by atoms with Crippen LogP contribution in [-0.4, -0.2) is 5.78 Å². The lowest BCUT2D eigenvalue weighted by atomic mass is 9.99. The number of nitrogen functional groups attached to an aromatic ring is 1. The molecule has 0 bridgehead atoms. The van der Waals surface area contributed by atoms with Gasteiger partial charge in [-0.3, -0.25) is 4.79 Å². The number of hydrogen-bond acceptors (Lipinski definition) is 2. The van der Waals surface area contributed by atoms with Crippen molar-refractivity contribution in [3.05, 3.63) is 63.6 Å². The number of halogens is 1. The third kappa shape index (κ3) is 2.79. The van der Waals surface area contributed by atoms with Crippen molar-refractivity contribution in [2.24, 2.45) is 0 Å². The number of carbonyl (C=O) groups is 1. The Morgan fingerprint density at radius 1 is 1.22 bits per heavy atom. The van der Waals surface area contributed by atoms with E-state index in [0.717, 1.165) is 15.6 Å². The number of hydrogen-bond donors (Lipinski definition) is 1. The zero-order valence-electron chi connectivity index (χ0n) is 10.1. The molecule has 18 heavy (non-hydrogen) atoms. The fourth-order valence-electron chi connectivity index (χ4n) is 1.83. The lowest BCUT2D eigenvalue weighted by Crippen LogP contribution is -2.06. The summed E-state index contributed by atoms with van der Waals surface area (Å²) in [5.41, 5.74) is 9.14. The van der Waals surface area contributed by atoms with Gasteiger partial charge < -0.3 is 5.73 Å². The van der Waals surface area contributed by atoms with E-state index in [0.29, 0.717) is 17.7 Å². The van der Waals surface area contributed by atoms with E-state index in [9.17, 15) is 4.79 Å². The molecule has 0 fully saturated rings. The van der Waals surface area contributed by atoms with Crippen LogP contribution in [0.2, 0.25) is 0 Å². The summed E-state index contributed by atoms with van der Waals surface area (Å²) in [6.45, 7) is 2.01. The Labute approximate surface area is 115 Å². The van der Waals surface area contributed by atoms with Crippen LogP contribution >= 0.6 is 15.9 Å². The number of rotatable bonds is 3. The van der Waals surface area contributed by atoms with Crippen LogP contribution in [0.15, 0.2) is 46.9 Å². The van der Waals surface area contributed by atoms with E-state index in [1.54, 1.807) is 18.2 Å². The number of aryl methyl sites for hydroxylation is 1. The van der Waals surface area contributed by atoms with Crippen molar-refractivity contribution < 1.29 is 4.79 Å². The van der Waals surface area contributed by atoms with Crippen molar-refractivity contribution in [1.82, 2.24) is 0 Å². The van der Waals surface area contributed by atoms with E-state index in [1.165, 1.54) is 0 Å². The van der Waals surface area contributed by atoms with Crippen LogP contribution in [0, 0.1) is 6.92 Å². The van der Waals surface area contributed by atoms with Gasteiger partial charge in [0.05, 0.1) is 0 Å². The molecule has 92 valence electrons. The third-order valence-electron chi connectivity index (χ3n) is 2.90. The predicted octanol–water partition coefficient (Wildman–Crippen LogP) is 3.77. The highest BCUT2D eigenvalue weighted by molar-refractivity contribution is 9.10. The molecule has 0 saturated carbocycles. The molecule has 0 heterocycles. The number of nitrogens with two attached hydrogens (primary N) is 1. The summed E-state index contributed by atoms with van der Waals surface area (Å²) < 4.78 is 0.787. The molecule has 2 nitrogen and oxygen atoms in total. The summed E-state index contributed by atoms with van der Waals surface area (Å²) >= 11 is 3.39. The minimum atomic E-state index is 0.0727. The largest absolute Gasteiger partial charge is 0.399 e. The summed E-state index contributed by atoms with van der Waals surface area (Å²) in [7, 11) is 0. The van der Waals surface area contributed by atoms with E-state index >= 15 is 0 Å². The molecule has 0 saturated heterocycles. The van der Waals surface area contributed by atoms with E-state index in [1.807, 2.05) is 31.2 Å². The van der Waals surface area contributed by atoms with E-state index < -0.39 is 0 Å². The molecular formula is C15H14BrNO. The molecule has 0 aliphatic carbocycles. The van der Waals surface area contributed by atoms with Gasteiger partial charge in [-0.05, 0) is 36.2 Å². The Morgan fingerprint density at radius 2 is 1.94 bits per heavy atom. The van der Waals surface area contributed by atoms with Crippen LogP contribution in [0.5, 0.6) is 0 Å². The molecule has 0 aliphatic heterocycles. The van der Waals surface area contributed by atoms with Gasteiger partial charge in [0, 0.05) is 22.1 Å². The van der Waals surface area contributed by atoms with Crippen molar-refractivity contribution in [2.45, 2.75) is 13.3 Å². The second kappa shape index (κ2) is 5.36. The first kappa shape index (κ1) is 12.8. The van der Waals surface area contributed by atoms with E-state index in [2.05, 4.69) is 15.9 Å². The summed E-state index contributed by atoms with van der Waals surface area (Å²) in [5, 5.41) is 0. The summed E-state index contributed by atoms with van der Waals surface area (Å²) in [6.07, 6.45) is 0.398. The molecule has 0 aromatic heterocycles. The minimum Gasteiger partial charge on any atom is -0.399 e. The fourth-order valence-corrected chi connectivity index (χ4v) is 2.30. The van der Waals surface area contributed by atoms with Crippen LogP contribution in [0.3, 0.4) is 0 Å². The topological polar surface area (TPSA) is 43.1 Å². The second-order valence-electron chi connectivity index (χ2n) is 4.27. The standard InChI is InChI=1S/C15H14BrNO/c1-10-4-2-3-5-11(10)8-15(18)13-9-12(17)6-7-14(13)16/h2-7,9H,8,17H2,1H3. The third-order valence-corrected chi connectivity index (χ3v) is 3.59. The number of anilines is 1. The van der Waals surface area contributed by atoms with E-state index in [-0.39, 0.29) is 5.78 Å². The zero-order chi connectivity index (χ0) is 13.1. The fraction of sp³-hybridized carbons (Fsp3) is 0.133. The molecule has 2 N–H and O–H groups in total. The lowest BCUT2D eigenvalue weighted by molar-refractivity contribution is 0.0992. The normalized spacial score (nSPS) is 10.3. The van der Waals surface area contributed by atoms with Crippen LogP contribution in [0.4, 0.5) is 5.69 Å². The monoisotopic (exact) mass is 303 g/mol. The first-order chi connectivity index (χ1) is 8.58. The maximum atomic E-state index is 12.3. The molecule has 3 heteroatoms. The van der Waals surface area contributed by atoms with Crippen LogP contribution in [-0.2, 0) is 6.42 Å². The quantitative estimate of drug-likeness (QED) is 0.693. The second-order valence-corrected chi connectivity index (χ2v) is 5.12. The SMILES string of the molecule is Cc1ccccc1CC(=O)c1cc(N)ccc1Br. The van der Waals surface area contributed by atoms with Crippen molar-refractivity contribution in [3.8, 4) is 0 Å². The molecule has 0 amide bonds. The predicted molar refractivity (Wildman–Crippen MR) is 77.8 cm³/mol. The average molecular weight is 304 g/mol. The number of Topliss-reactive ketones (excluding diaryl/α,β-unsaturated/α-hetero) is 1. The first-order valence-corrected chi connectivity index (χ1v) is 6.50. The maximum Gasteiger partial charge on any atom is 0.168 e. The van der Waals surface area contributed by atoms with Crippen molar-refractivity contribution in [1.29, 1.82) is 0 Å². The molecule has 0 radical (unpaired) electrons. The van der Waals surface area contributed by atoms with Crippen molar-refractivity contribution in [3.63, 3.8) is 0 Å². The molecule has 0 atom stereocenters. The van der Waals surface area contributed by atoms with Crippen molar-refractivity contribution >= 4 is 27.4 Å². The van der Waals surface area contributed by atoms with Gasteiger partial charge >= 0.3 is 0 Å². The molecular weight excluding hydrogens is 290 g/mol. The van der Waals surface area contributed by atoms with Crippen molar-refractivity contribution in [2.75, 3.05) is 5.73 Å². The van der Waals surface area contributed by atoms with Crippen LogP contribution in [0.1, 0.15) is 21.5 Å². The Morgan fingerprint density at radius 3 is 2.67 bits per heavy atom. The number of ketones is 1. The lowest BCUT2D eigenvalue weighted by Gasteiger charge is -2.07. The molecule has 2 rings (SSSR count). The highest BCUT2D eigenvalue weighted by Crippen LogP contribution is 2.22. The number of carbonyl (C=O) groups excluding carboxylic acids is 1. The van der Waals surface area contributed by atoms with Gasteiger partial charge in [0.2, 0.25) is 0 Å². The smallest absolute Gasteiger partial charge is 0.168 e. The highest BCUT2D eigenvalue weighted by Gasteiger charge is 2.12. The summed E-state index contributed by atoms with van der Waals surface area (Å²) in [6, 6.07) is 13.2.